The first-order valence-corrected chi connectivity index (χ1v) is 11.6. The normalized spacial score (nSPS) is 35.6. The van der Waals surface area contributed by atoms with E-state index >= 15 is 0 Å². The number of halogens is 3. The van der Waals surface area contributed by atoms with Gasteiger partial charge in [-0.2, -0.15) is 0 Å². The number of carbonyl (C=O) groups is 2. The lowest BCUT2D eigenvalue weighted by atomic mass is 9.78. The maximum Gasteiger partial charge on any atom is 0.224 e. The van der Waals surface area contributed by atoms with E-state index < -0.39 is 24.0 Å². The molecule has 2 bridgehead atoms. The first-order valence-electron chi connectivity index (χ1n) is 10.8. The summed E-state index contributed by atoms with van der Waals surface area (Å²) >= 11 is 3.23. The van der Waals surface area contributed by atoms with E-state index in [-0.39, 0.29) is 48.0 Å². The Balaban J connectivity index is 1.32. The molecule has 3 N–H and O–H groups in total. The van der Waals surface area contributed by atoms with Crippen molar-refractivity contribution in [3.63, 3.8) is 0 Å². The number of carbonyl (C=O) groups excluding carboxylic acids is 2. The van der Waals surface area contributed by atoms with E-state index in [1.807, 2.05) is 0 Å². The Kier molecular flexibility index (Phi) is 5.13. The molecule has 1 aromatic carbocycles. The predicted octanol–water partition coefficient (Wildman–Crippen LogP) is 2.68. The molecule has 1 heterocycles. The topological polar surface area (TPSA) is 70.2 Å². The van der Waals surface area contributed by atoms with Gasteiger partial charge in [0.15, 0.2) is 0 Å². The zero-order chi connectivity index (χ0) is 21.0. The molecule has 1 saturated heterocycles. The minimum Gasteiger partial charge on any atom is -0.352 e. The van der Waals surface area contributed by atoms with Crippen molar-refractivity contribution in [3.05, 3.63) is 34.1 Å². The summed E-state index contributed by atoms with van der Waals surface area (Å²) in [5.41, 5.74) is 0.518. The quantitative estimate of drug-likeness (QED) is 0.605. The lowest BCUT2D eigenvalue weighted by molar-refractivity contribution is -0.137. The molecule has 0 radical (unpaired) electrons. The van der Waals surface area contributed by atoms with Crippen LogP contribution in [-0.4, -0.2) is 37.1 Å². The van der Waals surface area contributed by atoms with Gasteiger partial charge in [0.2, 0.25) is 11.8 Å². The Morgan fingerprint density at radius 2 is 1.83 bits per heavy atom. The third kappa shape index (κ3) is 3.27. The van der Waals surface area contributed by atoms with Gasteiger partial charge in [0, 0.05) is 29.7 Å². The van der Waals surface area contributed by atoms with Crippen molar-refractivity contribution in [1.29, 1.82) is 0 Å². The van der Waals surface area contributed by atoms with Crippen molar-refractivity contribution in [2.24, 2.45) is 29.1 Å². The highest BCUT2D eigenvalue weighted by atomic mass is 79.9. The molecule has 1 aromatic rings. The van der Waals surface area contributed by atoms with Gasteiger partial charge in [0.25, 0.3) is 0 Å². The molecule has 162 valence electrons. The van der Waals surface area contributed by atoms with Gasteiger partial charge in [-0.1, -0.05) is 22.0 Å². The van der Waals surface area contributed by atoms with Gasteiger partial charge in [-0.25, -0.2) is 8.78 Å². The zero-order valence-electron chi connectivity index (χ0n) is 16.6. The minimum absolute atomic E-state index is 0.0896. The van der Waals surface area contributed by atoms with Crippen LogP contribution in [-0.2, 0) is 16.1 Å². The average molecular weight is 482 g/mol. The summed E-state index contributed by atoms with van der Waals surface area (Å²) in [4.78, 5) is 26.4. The van der Waals surface area contributed by atoms with E-state index in [0.717, 1.165) is 25.7 Å². The summed E-state index contributed by atoms with van der Waals surface area (Å²) in [5, 5.41) is 8.71. The maximum atomic E-state index is 14.1. The number of nitrogens with one attached hydrogen (secondary N) is 3. The second kappa shape index (κ2) is 7.55. The summed E-state index contributed by atoms with van der Waals surface area (Å²) in [5.74, 6) is -1.22. The number of rotatable bonds is 5. The van der Waals surface area contributed by atoms with E-state index in [1.165, 1.54) is 6.07 Å². The number of benzene rings is 1. The van der Waals surface area contributed by atoms with Crippen LogP contribution in [0.5, 0.6) is 0 Å². The highest BCUT2D eigenvalue weighted by Gasteiger charge is 2.71. The fraction of sp³-hybridized carbons (Fsp3) is 0.636. The summed E-state index contributed by atoms with van der Waals surface area (Å²) in [6.07, 6.45) is 2.93. The van der Waals surface area contributed by atoms with Crippen molar-refractivity contribution < 1.29 is 18.4 Å². The molecule has 3 saturated carbocycles. The molecular weight excluding hydrogens is 456 g/mol. The predicted molar refractivity (Wildman–Crippen MR) is 111 cm³/mol. The molecule has 6 atom stereocenters. The van der Waals surface area contributed by atoms with Crippen molar-refractivity contribution >= 4 is 27.7 Å². The van der Waals surface area contributed by atoms with Crippen LogP contribution in [0.15, 0.2) is 22.7 Å². The maximum absolute atomic E-state index is 14.1. The fourth-order valence-corrected chi connectivity index (χ4v) is 6.73. The van der Waals surface area contributed by atoms with E-state index in [1.54, 1.807) is 12.1 Å². The molecule has 30 heavy (non-hydrogen) atoms. The molecule has 0 unspecified atom stereocenters. The van der Waals surface area contributed by atoms with Crippen LogP contribution in [0.4, 0.5) is 8.78 Å². The Hall–Kier alpha value is -1.54. The molecule has 4 fully saturated rings. The fourth-order valence-electron chi connectivity index (χ4n) is 6.39. The third-order valence-corrected chi connectivity index (χ3v) is 8.38. The molecular formula is C22H26BrF2N3O2. The number of hydrogen-bond acceptors (Lipinski definition) is 3. The van der Waals surface area contributed by atoms with Gasteiger partial charge in [-0.05, 0) is 55.1 Å². The van der Waals surface area contributed by atoms with Gasteiger partial charge in [-0.3, -0.25) is 9.59 Å². The van der Waals surface area contributed by atoms with Crippen molar-refractivity contribution in [3.8, 4) is 0 Å². The Morgan fingerprint density at radius 3 is 2.43 bits per heavy atom. The molecule has 1 aliphatic heterocycles. The van der Waals surface area contributed by atoms with Crippen molar-refractivity contribution in [2.75, 3.05) is 13.1 Å². The lowest BCUT2D eigenvalue weighted by Gasteiger charge is -2.30. The van der Waals surface area contributed by atoms with Crippen LogP contribution < -0.4 is 16.0 Å². The second-order valence-corrected chi connectivity index (χ2v) is 10.2. The second-order valence-electron chi connectivity index (χ2n) is 9.32. The van der Waals surface area contributed by atoms with Gasteiger partial charge in [0.1, 0.15) is 12.0 Å². The first-order chi connectivity index (χ1) is 14.4. The first kappa shape index (κ1) is 20.4. The summed E-state index contributed by atoms with van der Waals surface area (Å²) < 4.78 is 28.8. The molecule has 3 aliphatic carbocycles. The van der Waals surface area contributed by atoms with Crippen molar-refractivity contribution in [2.45, 2.75) is 44.4 Å². The number of alkyl halides is 1. The molecule has 8 heteroatoms. The average Bonchev–Trinajstić information content (AvgIpc) is 3.21. The monoisotopic (exact) mass is 481 g/mol. The number of hydrogen-bond donors (Lipinski definition) is 3. The van der Waals surface area contributed by atoms with Gasteiger partial charge in [-0.15, -0.1) is 0 Å². The van der Waals surface area contributed by atoms with E-state index in [2.05, 4.69) is 31.9 Å². The van der Waals surface area contributed by atoms with Crippen LogP contribution >= 0.6 is 15.9 Å². The molecule has 0 aromatic heterocycles. The van der Waals surface area contributed by atoms with Gasteiger partial charge in [0.05, 0.1) is 17.9 Å². The molecule has 4 aliphatic rings. The molecule has 5 rings (SSSR count). The molecule has 2 amide bonds. The Bertz CT molecular complexity index is 878. The Labute approximate surface area is 182 Å². The van der Waals surface area contributed by atoms with Crippen LogP contribution in [0.2, 0.25) is 0 Å². The third-order valence-electron chi connectivity index (χ3n) is 7.89. The SMILES string of the molecule is O=C(N[C@H]1CNC[C@@H]1F)[C@H]1[C@H](C(=O)NCc2ccc(Br)cc2F)[C@@H]2CC[C@H]1C21CC1. The lowest BCUT2D eigenvalue weighted by Crippen LogP contribution is -2.49. The van der Waals surface area contributed by atoms with E-state index in [9.17, 15) is 18.4 Å². The number of amides is 2. The standard InChI is InChI=1S/C22H26BrF2N3O2/c23-12-2-1-11(15(24)7-12)8-27-20(29)18-13-3-4-14(22(13)5-6-22)19(18)21(30)28-17-10-26-9-16(17)25/h1-2,7,13-14,16-19,26H,3-6,8-10H2,(H,27,29)(H,28,30)/t13-,14+,16-,17-,18+,19+/m0/s1. The van der Waals surface area contributed by atoms with E-state index in [4.69, 9.17) is 0 Å². The summed E-state index contributed by atoms with van der Waals surface area (Å²) in [7, 11) is 0. The van der Waals surface area contributed by atoms with Crippen molar-refractivity contribution in [1.82, 2.24) is 16.0 Å². The van der Waals surface area contributed by atoms with Crippen LogP contribution in [0.3, 0.4) is 0 Å². The summed E-state index contributed by atoms with van der Waals surface area (Å²) in [6.45, 7) is 0.749. The largest absolute Gasteiger partial charge is 0.352 e. The van der Waals surface area contributed by atoms with Gasteiger partial charge < -0.3 is 16.0 Å². The highest BCUT2D eigenvalue weighted by Crippen LogP contribution is 2.74. The Morgan fingerprint density at radius 1 is 1.13 bits per heavy atom. The smallest absolute Gasteiger partial charge is 0.224 e. The molecule has 1 spiro atoms. The summed E-state index contributed by atoms with van der Waals surface area (Å²) in [6, 6.07) is 4.21. The van der Waals surface area contributed by atoms with Gasteiger partial charge >= 0.3 is 0 Å². The minimum atomic E-state index is -1.10. The highest BCUT2D eigenvalue weighted by molar-refractivity contribution is 9.10. The molecule has 5 nitrogen and oxygen atoms in total. The van der Waals surface area contributed by atoms with Crippen LogP contribution in [0.25, 0.3) is 0 Å². The van der Waals surface area contributed by atoms with Crippen LogP contribution in [0, 0.1) is 34.9 Å². The van der Waals surface area contributed by atoms with Crippen LogP contribution in [0.1, 0.15) is 31.2 Å². The van der Waals surface area contributed by atoms with E-state index in [0.29, 0.717) is 16.6 Å². The zero-order valence-corrected chi connectivity index (χ0v) is 18.2.